The van der Waals surface area contributed by atoms with Gasteiger partial charge in [-0.05, 0) is 31.9 Å². The standard InChI is InChI=1S/C14H19FN2O2/c1-2-19-13-11(4-3-5-12(13)15)14(18)17-8-6-10(16)7-9-17/h3-5,10H,2,6-9,16H2,1H3. The Bertz CT molecular complexity index is 457. The summed E-state index contributed by atoms with van der Waals surface area (Å²) in [7, 11) is 0. The molecule has 0 unspecified atom stereocenters. The highest BCUT2D eigenvalue weighted by atomic mass is 19.1. The number of nitrogens with two attached hydrogens (primary N) is 1. The highest BCUT2D eigenvalue weighted by Crippen LogP contribution is 2.25. The molecule has 1 fully saturated rings. The molecular weight excluding hydrogens is 247 g/mol. The Kier molecular flexibility index (Phi) is 4.37. The van der Waals surface area contributed by atoms with Crippen LogP contribution >= 0.6 is 0 Å². The van der Waals surface area contributed by atoms with Crippen molar-refractivity contribution >= 4 is 5.91 Å². The molecule has 0 atom stereocenters. The third-order valence-electron chi connectivity index (χ3n) is 3.31. The van der Waals surface area contributed by atoms with Gasteiger partial charge in [-0.2, -0.15) is 0 Å². The van der Waals surface area contributed by atoms with Crippen LogP contribution in [0.1, 0.15) is 30.1 Å². The Morgan fingerprint density at radius 1 is 1.47 bits per heavy atom. The number of carbonyl (C=O) groups is 1. The van der Waals surface area contributed by atoms with Crippen molar-refractivity contribution in [3.8, 4) is 5.75 Å². The van der Waals surface area contributed by atoms with Gasteiger partial charge in [0.2, 0.25) is 0 Å². The number of ether oxygens (including phenoxy) is 1. The molecule has 0 aliphatic carbocycles. The molecule has 1 heterocycles. The third kappa shape index (κ3) is 3.04. The zero-order chi connectivity index (χ0) is 13.8. The van der Waals surface area contributed by atoms with E-state index in [9.17, 15) is 9.18 Å². The molecule has 104 valence electrons. The van der Waals surface area contributed by atoms with Crippen LogP contribution in [0.2, 0.25) is 0 Å². The predicted molar refractivity (Wildman–Crippen MR) is 70.7 cm³/mol. The Labute approximate surface area is 112 Å². The summed E-state index contributed by atoms with van der Waals surface area (Å²) in [4.78, 5) is 14.1. The number of nitrogens with zero attached hydrogens (tertiary/aromatic N) is 1. The Balaban J connectivity index is 2.21. The highest BCUT2D eigenvalue weighted by Gasteiger charge is 2.25. The molecule has 0 aromatic heterocycles. The summed E-state index contributed by atoms with van der Waals surface area (Å²) in [5.41, 5.74) is 6.10. The van der Waals surface area contributed by atoms with Gasteiger partial charge in [-0.15, -0.1) is 0 Å². The predicted octanol–water partition coefficient (Wildman–Crippen LogP) is 1.79. The normalized spacial score (nSPS) is 16.5. The molecule has 19 heavy (non-hydrogen) atoms. The van der Waals surface area contributed by atoms with Crippen molar-refractivity contribution in [2.45, 2.75) is 25.8 Å². The third-order valence-corrected chi connectivity index (χ3v) is 3.31. The van der Waals surface area contributed by atoms with Gasteiger partial charge in [0, 0.05) is 19.1 Å². The fourth-order valence-corrected chi connectivity index (χ4v) is 2.24. The van der Waals surface area contributed by atoms with Crippen molar-refractivity contribution < 1.29 is 13.9 Å². The SMILES string of the molecule is CCOc1c(F)cccc1C(=O)N1CCC(N)CC1. The average Bonchev–Trinajstić information content (AvgIpc) is 2.41. The molecule has 0 radical (unpaired) electrons. The first-order valence-corrected chi connectivity index (χ1v) is 6.59. The van der Waals surface area contributed by atoms with Crippen LogP contribution in [0.25, 0.3) is 0 Å². The van der Waals surface area contributed by atoms with Gasteiger partial charge in [0.1, 0.15) is 0 Å². The summed E-state index contributed by atoms with van der Waals surface area (Å²) in [5.74, 6) is -0.638. The molecule has 0 spiro atoms. The number of rotatable bonds is 3. The number of para-hydroxylation sites is 1. The Morgan fingerprint density at radius 2 is 2.16 bits per heavy atom. The van der Waals surface area contributed by atoms with Crippen LogP contribution in [0.4, 0.5) is 4.39 Å². The summed E-state index contributed by atoms with van der Waals surface area (Å²) in [6, 6.07) is 4.59. The monoisotopic (exact) mass is 266 g/mol. The molecule has 1 aromatic rings. The Morgan fingerprint density at radius 3 is 2.79 bits per heavy atom. The van der Waals surface area contributed by atoms with Gasteiger partial charge in [0.05, 0.1) is 12.2 Å². The Hall–Kier alpha value is -1.62. The molecule has 5 heteroatoms. The zero-order valence-corrected chi connectivity index (χ0v) is 11.1. The second kappa shape index (κ2) is 6.02. The van der Waals surface area contributed by atoms with Crippen molar-refractivity contribution in [3.05, 3.63) is 29.6 Å². The smallest absolute Gasteiger partial charge is 0.257 e. The summed E-state index contributed by atoms with van der Waals surface area (Å²) in [6.07, 6.45) is 1.57. The number of amides is 1. The molecule has 2 rings (SSSR count). The number of carbonyl (C=O) groups excluding carboxylic acids is 1. The second-order valence-corrected chi connectivity index (χ2v) is 4.68. The maximum Gasteiger partial charge on any atom is 0.257 e. The van der Waals surface area contributed by atoms with E-state index in [1.165, 1.54) is 12.1 Å². The van der Waals surface area contributed by atoms with Crippen LogP contribution in [-0.2, 0) is 0 Å². The van der Waals surface area contributed by atoms with Gasteiger partial charge < -0.3 is 15.4 Å². The number of halogens is 1. The molecule has 1 saturated heterocycles. The molecule has 0 bridgehead atoms. The van der Waals surface area contributed by atoms with E-state index in [1.54, 1.807) is 17.9 Å². The van der Waals surface area contributed by atoms with Gasteiger partial charge in [0.25, 0.3) is 5.91 Å². The lowest BCUT2D eigenvalue weighted by Crippen LogP contribution is -2.43. The number of piperidine rings is 1. The average molecular weight is 266 g/mol. The minimum Gasteiger partial charge on any atom is -0.490 e. The fraction of sp³-hybridized carbons (Fsp3) is 0.500. The van der Waals surface area contributed by atoms with Crippen molar-refractivity contribution in [3.63, 3.8) is 0 Å². The number of hydrogen-bond acceptors (Lipinski definition) is 3. The topological polar surface area (TPSA) is 55.6 Å². The van der Waals surface area contributed by atoms with E-state index in [2.05, 4.69) is 0 Å². The summed E-state index contributed by atoms with van der Waals surface area (Å²) in [6.45, 7) is 3.32. The van der Waals surface area contributed by atoms with Gasteiger partial charge in [0.15, 0.2) is 11.6 Å². The van der Waals surface area contributed by atoms with Gasteiger partial charge in [-0.1, -0.05) is 6.07 Å². The second-order valence-electron chi connectivity index (χ2n) is 4.68. The van der Waals surface area contributed by atoms with Gasteiger partial charge in [-0.25, -0.2) is 4.39 Å². The number of hydrogen-bond donors (Lipinski definition) is 1. The molecule has 1 aromatic carbocycles. The largest absolute Gasteiger partial charge is 0.490 e. The van der Waals surface area contributed by atoms with E-state index >= 15 is 0 Å². The summed E-state index contributed by atoms with van der Waals surface area (Å²) >= 11 is 0. The van der Waals surface area contributed by atoms with Crippen molar-refractivity contribution in [2.24, 2.45) is 5.73 Å². The lowest BCUT2D eigenvalue weighted by Gasteiger charge is -2.30. The molecule has 0 saturated carbocycles. The van der Waals surface area contributed by atoms with E-state index in [0.717, 1.165) is 12.8 Å². The molecule has 1 amide bonds. The minimum atomic E-state index is -0.499. The van der Waals surface area contributed by atoms with Crippen LogP contribution in [0.15, 0.2) is 18.2 Å². The maximum absolute atomic E-state index is 13.7. The van der Waals surface area contributed by atoms with Gasteiger partial charge >= 0.3 is 0 Å². The quantitative estimate of drug-likeness (QED) is 0.907. The molecule has 2 N–H and O–H groups in total. The molecule has 4 nitrogen and oxygen atoms in total. The lowest BCUT2D eigenvalue weighted by molar-refractivity contribution is 0.0709. The van der Waals surface area contributed by atoms with Crippen molar-refractivity contribution in [2.75, 3.05) is 19.7 Å². The summed E-state index contributed by atoms with van der Waals surface area (Å²) in [5, 5.41) is 0. The van der Waals surface area contributed by atoms with Crippen LogP contribution in [-0.4, -0.2) is 36.5 Å². The van der Waals surface area contributed by atoms with E-state index in [4.69, 9.17) is 10.5 Å². The first-order chi connectivity index (χ1) is 9.13. The van der Waals surface area contributed by atoms with E-state index in [1.807, 2.05) is 0 Å². The number of likely N-dealkylation sites (tertiary alicyclic amines) is 1. The van der Waals surface area contributed by atoms with Crippen LogP contribution in [0.3, 0.4) is 0 Å². The first-order valence-electron chi connectivity index (χ1n) is 6.59. The molecule has 1 aliphatic rings. The molecular formula is C14H19FN2O2. The zero-order valence-electron chi connectivity index (χ0n) is 11.1. The first kappa shape index (κ1) is 13.8. The maximum atomic E-state index is 13.7. The van der Waals surface area contributed by atoms with Crippen molar-refractivity contribution in [1.29, 1.82) is 0 Å². The van der Waals surface area contributed by atoms with E-state index in [-0.39, 0.29) is 23.3 Å². The van der Waals surface area contributed by atoms with Gasteiger partial charge in [-0.3, -0.25) is 4.79 Å². The summed E-state index contributed by atoms with van der Waals surface area (Å²) < 4.78 is 19.0. The fourth-order valence-electron chi connectivity index (χ4n) is 2.24. The van der Waals surface area contributed by atoms with E-state index < -0.39 is 5.82 Å². The van der Waals surface area contributed by atoms with Crippen LogP contribution < -0.4 is 10.5 Å². The molecule has 1 aliphatic heterocycles. The highest BCUT2D eigenvalue weighted by molar-refractivity contribution is 5.97. The van der Waals surface area contributed by atoms with Crippen LogP contribution in [0.5, 0.6) is 5.75 Å². The number of benzene rings is 1. The van der Waals surface area contributed by atoms with Crippen molar-refractivity contribution in [1.82, 2.24) is 4.90 Å². The lowest BCUT2D eigenvalue weighted by atomic mass is 10.0. The minimum absolute atomic E-state index is 0.0462. The van der Waals surface area contributed by atoms with Crippen LogP contribution in [0, 0.1) is 5.82 Å². The van der Waals surface area contributed by atoms with E-state index in [0.29, 0.717) is 19.7 Å².